The zero-order chi connectivity index (χ0) is 12.4. The number of hydrogen-bond donors (Lipinski definition) is 2. The van der Waals surface area contributed by atoms with Gasteiger partial charge in [0.1, 0.15) is 0 Å². The maximum atomic E-state index is 10.7. The monoisotopic (exact) mass is 380 g/mol. The van der Waals surface area contributed by atoms with Gasteiger partial charge in [-0.1, -0.05) is 11.6 Å². The summed E-state index contributed by atoms with van der Waals surface area (Å²) in [7, 11) is 0. The molecule has 17 heavy (non-hydrogen) atoms. The largest absolute Gasteiger partial charge is 0.476 e. The Hall–Kier alpha value is -0.860. The van der Waals surface area contributed by atoms with Gasteiger partial charge in [-0.2, -0.15) is 0 Å². The van der Waals surface area contributed by atoms with Gasteiger partial charge in [0.15, 0.2) is 10.8 Å². The van der Waals surface area contributed by atoms with E-state index in [0.717, 1.165) is 9.26 Å². The number of rotatable bonds is 3. The first-order valence-electron chi connectivity index (χ1n) is 4.47. The summed E-state index contributed by atoms with van der Waals surface area (Å²) >= 11 is 9.24. The normalized spacial score (nSPS) is 10.2. The van der Waals surface area contributed by atoms with E-state index in [-0.39, 0.29) is 5.69 Å². The van der Waals surface area contributed by atoms with Crippen molar-refractivity contribution in [2.24, 2.45) is 0 Å². The number of carboxylic acid groups (broad SMARTS) is 1. The summed E-state index contributed by atoms with van der Waals surface area (Å²) in [6.07, 6.45) is 0. The van der Waals surface area contributed by atoms with Crippen LogP contribution in [0.15, 0.2) is 23.6 Å². The summed E-state index contributed by atoms with van der Waals surface area (Å²) in [4.78, 5) is 14.6. The van der Waals surface area contributed by atoms with Gasteiger partial charge >= 0.3 is 5.97 Å². The van der Waals surface area contributed by atoms with Crippen LogP contribution in [0, 0.1) is 3.57 Å². The van der Waals surface area contributed by atoms with E-state index < -0.39 is 5.97 Å². The minimum absolute atomic E-state index is 0.0430. The maximum Gasteiger partial charge on any atom is 0.355 e. The third kappa shape index (κ3) is 3.08. The first kappa shape index (κ1) is 12.6. The molecular formula is C10H6ClIN2O2S. The van der Waals surface area contributed by atoms with E-state index in [1.54, 1.807) is 6.07 Å². The number of aromatic nitrogens is 1. The topological polar surface area (TPSA) is 62.2 Å². The Morgan fingerprint density at radius 1 is 1.53 bits per heavy atom. The van der Waals surface area contributed by atoms with Gasteiger partial charge in [-0.25, -0.2) is 9.78 Å². The molecule has 0 spiro atoms. The molecule has 0 bridgehead atoms. The summed E-state index contributed by atoms with van der Waals surface area (Å²) in [6, 6.07) is 5.40. The molecule has 0 amide bonds. The first-order valence-corrected chi connectivity index (χ1v) is 6.81. The fourth-order valence-corrected chi connectivity index (χ4v) is 2.84. The van der Waals surface area contributed by atoms with Crippen molar-refractivity contribution < 1.29 is 9.90 Å². The smallest absolute Gasteiger partial charge is 0.355 e. The first-order chi connectivity index (χ1) is 8.06. The summed E-state index contributed by atoms with van der Waals surface area (Å²) in [5.41, 5.74) is 0.891. The Kier molecular flexibility index (Phi) is 3.85. The van der Waals surface area contributed by atoms with Crippen molar-refractivity contribution in [3.63, 3.8) is 0 Å². The fourth-order valence-electron chi connectivity index (χ4n) is 1.14. The van der Waals surface area contributed by atoms with Gasteiger partial charge in [0.2, 0.25) is 0 Å². The second-order valence-corrected chi connectivity index (χ2v) is 5.55. The molecule has 7 heteroatoms. The number of aromatic carboxylic acids is 1. The van der Waals surface area contributed by atoms with Gasteiger partial charge in [-0.15, -0.1) is 11.3 Å². The molecule has 0 aliphatic rings. The lowest BCUT2D eigenvalue weighted by molar-refractivity contribution is 0.0691. The molecule has 1 heterocycles. The van der Waals surface area contributed by atoms with E-state index in [0.29, 0.717) is 10.2 Å². The number of nitrogens with one attached hydrogen (secondary N) is 1. The minimum atomic E-state index is -1.03. The SMILES string of the molecule is O=C(O)c1csc(Nc2ccc(Cl)cc2I)n1. The van der Waals surface area contributed by atoms with Gasteiger partial charge in [0.25, 0.3) is 0 Å². The van der Waals surface area contributed by atoms with Crippen molar-refractivity contribution in [1.29, 1.82) is 0 Å². The van der Waals surface area contributed by atoms with Crippen LogP contribution in [0.2, 0.25) is 5.02 Å². The number of benzene rings is 1. The number of nitrogens with zero attached hydrogens (tertiary/aromatic N) is 1. The summed E-state index contributed by atoms with van der Waals surface area (Å²) < 4.78 is 0.946. The summed E-state index contributed by atoms with van der Waals surface area (Å²) in [5, 5.41) is 14.5. The molecule has 88 valence electrons. The van der Waals surface area contributed by atoms with E-state index in [4.69, 9.17) is 16.7 Å². The quantitative estimate of drug-likeness (QED) is 0.794. The summed E-state index contributed by atoms with van der Waals surface area (Å²) in [5.74, 6) is -1.03. The fraction of sp³-hybridized carbons (Fsp3) is 0. The molecule has 0 fully saturated rings. The van der Waals surface area contributed by atoms with E-state index in [2.05, 4.69) is 32.9 Å². The van der Waals surface area contributed by atoms with Crippen molar-refractivity contribution in [2.75, 3.05) is 5.32 Å². The van der Waals surface area contributed by atoms with Gasteiger partial charge in [-0.3, -0.25) is 0 Å². The average Bonchev–Trinajstić information content (AvgIpc) is 2.71. The molecule has 2 N–H and O–H groups in total. The predicted molar refractivity (Wildman–Crippen MR) is 76.5 cm³/mol. The molecule has 2 aromatic rings. The standard InChI is InChI=1S/C10H6ClIN2O2S/c11-5-1-2-7(6(12)3-5)13-10-14-8(4-17-10)9(15)16/h1-4H,(H,13,14)(H,15,16). The molecule has 0 saturated carbocycles. The molecule has 2 rings (SSSR count). The van der Waals surface area contributed by atoms with Crippen LogP contribution in [0.1, 0.15) is 10.5 Å². The Bertz CT molecular complexity index is 573. The molecule has 0 saturated heterocycles. The van der Waals surface area contributed by atoms with Gasteiger partial charge in [0, 0.05) is 14.0 Å². The molecule has 0 aliphatic heterocycles. The number of anilines is 2. The second-order valence-electron chi connectivity index (χ2n) is 3.09. The lowest BCUT2D eigenvalue weighted by Gasteiger charge is -2.05. The minimum Gasteiger partial charge on any atom is -0.476 e. The van der Waals surface area contributed by atoms with Crippen molar-refractivity contribution >= 4 is 62.3 Å². The van der Waals surface area contributed by atoms with E-state index in [1.807, 2.05) is 12.1 Å². The highest BCUT2D eigenvalue weighted by Crippen LogP contribution is 2.27. The Balaban J connectivity index is 2.22. The van der Waals surface area contributed by atoms with Crippen LogP contribution in [0.4, 0.5) is 10.8 Å². The highest BCUT2D eigenvalue weighted by molar-refractivity contribution is 14.1. The zero-order valence-electron chi connectivity index (χ0n) is 8.28. The molecule has 0 radical (unpaired) electrons. The Morgan fingerprint density at radius 3 is 2.88 bits per heavy atom. The second kappa shape index (κ2) is 5.19. The molecule has 0 atom stereocenters. The third-order valence-electron chi connectivity index (χ3n) is 1.90. The molecule has 1 aromatic carbocycles. The number of carbonyl (C=O) groups is 1. The van der Waals surface area contributed by atoms with Crippen molar-refractivity contribution in [3.05, 3.63) is 37.9 Å². The van der Waals surface area contributed by atoms with Crippen molar-refractivity contribution in [3.8, 4) is 0 Å². The van der Waals surface area contributed by atoms with Crippen LogP contribution in [0.3, 0.4) is 0 Å². The molecule has 4 nitrogen and oxygen atoms in total. The number of carboxylic acids is 1. The zero-order valence-corrected chi connectivity index (χ0v) is 12.0. The van der Waals surface area contributed by atoms with E-state index in [1.165, 1.54) is 16.7 Å². The molecule has 1 aromatic heterocycles. The maximum absolute atomic E-state index is 10.7. The van der Waals surface area contributed by atoms with E-state index in [9.17, 15) is 4.79 Å². The van der Waals surface area contributed by atoms with Crippen molar-refractivity contribution in [1.82, 2.24) is 4.98 Å². The van der Waals surface area contributed by atoms with Crippen molar-refractivity contribution in [2.45, 2.75) is 0 Å². The van der Waals surface area contributed by atoms with E-state index >= 15 is 0 Å². The number of hydrogen-bond acceptors (Lipinski definition) is 4. The summed E-state index contributed by atoms with van der Waals surface area (Å²) in [6.45, 7) is 0. The predicted octanol–water partition coefficient (Wildman–Crippen LogP) is 3.84. The average molecular weight is 381 g/mol. The lowest BCUT2D eigenvalue weighted by Crippen LogP contribution is -1.97. The molecule has 0 unspecified atom stereocenters. The molecule has 0 aliphatic carbocycles. The van der Waals surface area contributed by atoms with Crippen LogP contribution in [0.5, 0.6) is 0 Å². The highest BCUT2D eigenvalue weighted by Gasteiger charge is 2.09. The number of thiazole rings is 1. The van der Waals surface area contributed by atoms with Crippen LogP contribution in [-0.4, -0.2) is 16.1 Å². The van der Waals surface area contributed by atoms with Gasteiger partial charge in [-0.05, 0) is 40.8 Å². The Morgan fingerprint density at radius 2 is 2.29 bits per heavy atom. The van der Waals surface area contributed by atoms with Gasteiger partial charge in [0.05, 0.1) is 5.69 Å². The Labute approximate surface area is 120 Å². The number of halogens is 2. The van der Waals surface area contributed by atoms with Crippen LogP contribution in [-0.2, 0) is 0 Å². The van der Waals surface area contributed by atoms with Gasteiger partial charge < -0.3 is 10.4 Å². The van der Waals surface area contributed by atoms with Crippen LogP contribution < -0.4 is 5.32 Å². The van der Waals surface area contributed by atoms with Crippen LogP contribution in [0.25, 0.3) is 0 Å². The molecular weight excluding hydrogens is 375 g/mol. The lowest BCUT2D eigenvalue weighted by atomic mass is 10.3. The van der Waals surface area contributed by atoms with Crippen LogP contribution >= 0.6 is 45.5 Å². The highest BCUT2D eigenvalue weighted by atomic mass is 127. The third-order valence-corrected chi connectivity index (χ3v) is 3.78.